The van der Waals surface area contributed by atoms with E-state index >= 15 is 0 Å². The second-order valence-electron chi connectivity index (χ2n) is 3.65. The van der Waals surface area contributed by atoms with Crippen molar-refractivity contribution in [2.24, 2.45) is 0 Å². The summed E-state index contributed by atoms with van der Waals surface area (Å²) in [4.78, 5) is 10.2. The van der Waals surface area contributed by atoms with E-state index in [-0.39, 0.29) is 19.4 Å². The maximum atomic E-state index is 13.3. The van der Waals surface area contributed by atoms with E-state index in [2.05, 4.69) is 9.46 Å². The number of carbonyl (C=O) groups excluding carboxylic acids is 1. The molecule has 0 radical (unpaired) electrons. The molecule has 1 rings (SSSR count). The maximum Gasteiger partial charge on any atom is 0.305 e. The zero-order chi connectivity index (χ0) is 14.5. The Hall–Kier alpha value is -1.54. The van der Waals surface area contributed by atoms with Crippen molar-refractivity contribution >= 4 is 16.0 Å². The van der Waals surface area contributed by atoms with Gasteiger partial charge in [0.05, 0.1) is 7.11 Å². The lowest BCUT2D eigenvalue weighted by Crippen LogP contribution is -2.26. The second-order valence-corrected chi connectivity index (χ2v) is 5.39. The summed E-state index contributed by atoms with van der Waals surface area (Å²) in [6.45, 7) is -0.0474. The van der Waals surface area contributed by atoms with Gasteiger partial charge in [0, 0.05) is 19.0 Å². The predicted octanol–water partition coefficient (Wildman–Crippen LogP) is 1.20. The van der Waals surface area contributed by atoms with Gasteiger partial charge in [-0.3, -0.25) is 4.79 Å². The molecular formula is C11H13F2NO4S. The number of hydrogen-bond acceptors (Lipinski definition) is 4. The zero-order valence-electron chi connectivity index (χ0n) is 10.2. The SMILES string of the molecule is COC(=O)CCCNS(=O)(=O)c1ccc(F)cc1F. The molecule has 19 heavy (non-hydrogen) atoms. The molecule has 0 saturated heterocycles. The number of ether oxygens (including phenoxy) is 1. The smallest absolute Gasteiger partial charge is 0.305 e. The Bertz CT molecular complexity index is 560. The molecule has 8 heteroatoms. The highest BCUT2D eigenvalue weighted by molar-refractivity contribution is 7.89. The minimum Gasteiger partial charge on any atom is -0.469 e. The van der Waals surface area contributed by atoms with Crippen molar-refractivity contribution in [3.8, 4) is 0 Å². The molecule has 0 spiro atoms. The summed E-state index contributed by atoms with van der Waals surface area (Å²) in [6.07, 6.45) is 0.264. The molecule has 0 aliphatic heterocycles. The summed E-state index contributed by atoms with van der Waals surface area (Å²) < 4.78 is 55.8. The Morgan fingerprint density at radius 3 is 2.63 bits per heavy atom. The molecule has 5 nitrogen and oxygen atoms in total. The van der Waals surface area contributed by atoms with Crippen molar-refractivity contribution in [3.05, 3.63) is 29.8 Å². The summed E-state index contributed by atoms with van der Waals surface area (Å²) in [5.74, 6) is -2.49. The van der Waals surface area contributed by atoms with Gasteiger partial charge in [-0.2, -0.15) is 0 Å². The van der Waals surface area contributed by atoms with Gasteiger partial charge in [0.25, 0.3) is 0 Å². The van der Waals surface area contributed by atoms with Crippen LogP contribution in [0.3, 0.4) is 0 Å². The molecule has 0 fully saturated rings. The third-order valence-corrected chi connectivity index (χ3v) is 3.76. The Labute approximate surface area is 109 Å². The molecule has 1 aromatic carbocycles. The topological polar surface area (TPSA) is 72.5 Å². The first-order chi connectivity index (χ1) is 8.86. The Morgan fingerprint density at radius 2 is 2.05 bits per heavy atom. The van der Waals surface area contributed by atoms with Crippen LogP contribution in [0.5, 0.6) is 0 Å². The van der Waals surface area contributed by atoms with Gasteiger partial charge in [-0.15, -0.1) is 0 Å². The first-order valence-electron chi connectivity index (χ1n) is 5.38. The summed E-state index contributed by atoms with van der Waals surface area (Å²) in [5, 5.41) is 0. The van der Waals surface area contributed by atoms with Crippen molar-refractivity contribution in [1.82, 2.24) is 4.72 Å². The predicted molar refractivity (Wildman–Crippen MR) is 62.8 cm³/mol. The fourth-order valence-electron chi connectivity index (χ4n) is 1.31. The number of sulfonamides is 1. The standard InChI is InChI=1S/C11H13F2NO4S/c1-18-11(15)3-2-6-14-19(16,17)10-5-4-8(12)7-9(10)13/h4-5,7,14H,2-3,6H2,1H3. The van der Waals surface area contributed by atoms with E-state index in [0.717, 1.165) is 12.1 Å². The highest BCUT2D eigenvalue weighted by atomic mass is 32.2. The number of hydrogen-bond donors (Lipinski definition) is 1. The molecule has 0 aliphatic carbocycles. The minimum absolute atomic E-state index is 0.0465. The van der Waals surface area contributed by atoms with Gasteiger partial charge < -0.3 is 4.74 Å². The normalized spacial score (nSPS) is 11.3. The van der Waals surface area contributed by atoms with E-state index in [1.807, 2.05) is 0 Å². The fraction of sp³-hybridized carbons (Fsp3) is 0.364. The lowest BCUT2D eigenvalue weighted by molar-refractivity contribution is -0.140. The van der Waals surface area contributed by atoms with E-state index < -0.39 is 32.5 Å². The number of esters is 1. The first kappa shape index (κ1) is 15.5. The quantitative estimate of drug-likeness (QED) is 0.632. The maximum absolute atomic E-state index is 13.3. The number of carbonyl (C=O) groups is 1. The van der Waals surface area contributed by atoms with Crippen LogP contribution in [0, 0.1) is 11.6 Å². The molecule has 106 valence electrons. The van der Waals surface area contributed by atoms with Crippen LogP contribution in [0.2, 0.25) is 0 Å². The number of nitrogens with one attached hydrogen (secondary N) is 1. The van der Waals surface area contributed by atoms with Crippen molar-refractivity contribution in [1.29, 1.82) is 0 Å². The van der Waals surface area contributed by atoms with Crippen LogP contribution in [0.4, 0.5) is 8.78 Å². The molecule has 0 saturated carbocycles. The third kappa shape index (κ3) is 4.56. The Balaban J connectivity index is 2.63. The number of benzene rings is 1. The lowest BCUT2D eigenvalue weighted by atomic mass is 10.3. The highest BCUT2D eigenvalue weighted by Gasteiger charge is 2.18. The minimum atomic E-state index is -4.06. The van der Waals surface area contributed by atoms with E-state index in [9.17, 15) is 22.0 Å². The van der Waals surface area contributed by atoms with Crippen molar-refractivity contribution in [3.63, 3.8) is 0 Å². The van der Waals surface area contributed by atoms with Gasteiger partial charge in [-0.05, 0) is 18.6 Å². The van der Waals surface area contributed by atoms with Crippen molar-refractivity contribution in [2.45, 2.75) is 17.7 Å². The van der Waals surface area contributed by atoms with Crippen molar-refractivity contribution < 1.29 is 26.7 Å². The third-order valence-electron chi connectivity index (χ3n) is 2.26. The van der Waals surface area contributed by atoms with Crippen LogP contribution in [0.1, 0.15) is 12.8 Å². The van der Waals surface area contributed by atoms with E-state index in [4.69, 9.17) is 0 Å². The number of rotatable bonds is 6. The fourth-order valence-corrected chi connectivity index (χ4v) is 2.44. The van der Waals surface area contributed by atoms with Crippen LogP contribution in [-0.2, 0) is 19.6 Å². The van der Waals surface area contributed by atoms with Crippen LogP contribution in [0.15, 0.2) is 23.1 Å². The number of methoxy groups -OCH3 is 1. The van der Waals surface area contributed by atoms with Gasteiger partial charge in [0.2, 0.25) is 10.0 Å². The molecule has 0 atom stereocenters. The first-order valence-corrected chi connectivity index (χ1v) is 6.86. The van der Waals surface area contributed by atoms with Crippen LogP contribution in [0.25, 0.3) is 0 Å². The Kier molecular flexibility index (Phi) is 5.37. The average Bonchev–Trinajstić information content (AvgIpc) is 2.33. The molecule has 0 aliphatic rings. The summed E-state index contributed by atoms with van der Waals surface area (Å²) in [7, 11) is -2.83. The van der Waals surface area contributed by atoms with E-state index in [0.29, 0.717) is 6.07 Å². The highest BCUT2D eigenvalue weighted by Crippen LogP contribution is 2.15. The largest absolute Gasteiger partial charge is 0.469 e. The van der Waals surface area contributed by atoms with E-state index in [1.54, 1.807) is 0 Å². The zero-order valence-corrected chi connectivity index (χ0v) is 11.0. The molecular weight excluding hydrogens is 280 g/mol. The molecule has 0 unspecified atom stereocenters. The summed E-state index contributed by atoms with van der Waals surface area (Å²) in [5.41, 5.74) is 0. The molecule has 1 aromatic rings. The lowest BCUT2D eigenvalue weighted by Gasteiger charge is -2.07. The van der Waals surface area contributed by atoms with Crippen LogP contribution < -0.4 is 4.72 Å². The van der Waals surface area contributed by atoms with Gasteiger partial charge in [0.15, 0.2) is 0 Å². The second kappa shape index (κ2) is 6.58. The van der Waals surface area contributed by atoms with Crippen LogP contribution >= 0.6 is 0 Å². The van der Waals surface area contributed by atoms with Gasteiger partial charge in [-0.25, -0.2) is 21.9 Å². The van der Waals surface area contributed by atoms with Gasteiger partial charge in [0.1, 0.15) is 16.5 Å². The van der Waals surface area contributed by atoms with Crippen molar-refractivity contribution in [2.75, 3.05) is 13.7 Å². The molecule has 0 amide bonds. The molecule has 1 N–H and O–H groups in total. The van der Waals surface area contributed by atoms with Gasteiger partial charge >= 0.3 is 5.97 Å². The summed E-state index contributed by atoms with van der Waals surface area (Å²) >= 11 is 0. The Morgan fingerprint density at radius 1 is 1.37 bits per heavy atom. The van der Waals surface area contributed by atoms with Gasteiger partial charge in [-0.1, -0.05) is 0 Å². The van der Waals surface area contributed by atoms with Crippen LogP contribution in [-0.4, -0.2) is 28.0 Å². The summed E-state index contributed by atoms with van der Waals surface area (Å²) in [6, 6.07) is 2.18. The average molecular weight is 293 g/mol. The molecule has 0 aromatic heterocycles. The monoisotopic (exact) mass is 293 g/mol. The van der Waals surface area contributed by atoms with E-state index in [1.165, 1.54) is 7.11 Å². The molecule has 0 bridgehead atoms. The molecule has 0 heterocycles. The number of halogens is 2.